The molecule has 0 bridgehead atoms. The Morgan fingerprint density at radius 1 is 1.30 bits per heavy atom. The van der Waals surface area contributed by atoms with Crippen LogP contribution in [0.3, 0.4) is 0 Å². The Morgan fingerprint density at radius 3 is 2.70 bits per heavy atom. The van der Waals surface area contributed by atoms with Crippen LogP contribution in [0, 0.1) is 11.3 Å². The van der Waals surface area contributed by atoms with Crippen molar-refractivity contribution in [3.8, 4) is 11.8 Å². The number of rotatable bonds is 4. The third kappa shape index (κ3) is 3.37. The fourth-order valence-electron chi connectivity index (χ4n) is 2.93. The molecule has 1 amide bonds. The molecule has 6 heteroatoms. The fraction of sp³-hybridized carbons (Fsp3) is 0.238. The summed E-state index contributed by atoms with van der Waals surface area (Å²) in [5, 5.41) is 19.1. The summed E-state index contributed by atoms with van der Waals surface area (Å²) in [5.74, 6) is 0.483. The lowest BCUT2D eigenvalue weighted by atomic mass is 10.1. The number of carbonyl (C=O) groups is 1. The predicted molar refractivity (Wildman–Crippen MR) is 99.0 cm³/mol. The first-order valence-corrected chi connectivity index (χ1v) is 8.67. The summed E-state index contributed by atoms with van der Waals surface area (Å²) in [6.07, 6.45) is 0.765. The number of nitrogens with zero attached hydrogens (tertiary/aromatic N) is 2. The van der Waals surface area contributed by atoms with Crippen LogP contribution in [0.15, 0.2) is 48.0 Å². The molecule has 27 heavy (non-hydrogen) atoms. The summed E-state index contributed by atoms with van der Waals surface area (Å²) in [6, 6.07) is 14.3. The average Bonchev–Trinajstić information content (AvgIpc) is 3.54. The number of fused-ring (bicyclic) bond motifs is 1. The highest BCUT2D eigenvalue weighted by molar-refractivity contribution is 5.99. The lowest BCUT2D eigenvalue weighted by Gasteiger charge is -2.31. The van der Waals surface area contributed by atoms with Crippen LogP contribution < -0.4 is 9.64 Å². The maximum Gasteiger partial charge on any atom is 0.296 e. The maximum absolute atomic E-state index is 12.5. The Balaban J connectivity index is 1.52. The smallest absolute Gasteiger partial charge is 0.296 e. The third-order valence-electron chi connectivity index (χ3n) is 4.68. The molecule has 1 fully saturated rings. The van der Waals surface area contributed by atoms with Gasteiger partial charge in [-0.25, -0.2) is 0 Å². The third-order valence-corrected chi connectivity index (χ3v) is 4.68. The van der Waals surface area contributed by atoms with Gasteiger partial charge in [0.2, 0.25) is 0 Å². The number of hydrogen-bond acceptors (Lipinski definition) is 5. The highest BCUT2D eigenvalue weighted by atomic mass is 16.7. The quantitative estimate of drug-likeness (QED) is 0.842. The molecule has 1 N–H and O–H groups in total. The zero-order valence-corrected chi connectivity index (χ0v) is 14.8. The topological polar surface area (TPSA) is 82.8 Å². The molecule has 0 aromatic heterocycles. The summed E-state index contributed by atoms with van der Waals surface area (Å²) in [6.45, 7) is 0.181. The van der Waals surface area contributed by atoms with Gasteiger partial charge in [0.05, 0.1) is 23.9 Å². The summed E-state index contributed by atoms with van der Waals surface area (Å²) in [7, 11) is 1.67. The van der Waals surface area contributed by atoms with Crippen molar-refractivity contribution in [2.45, 2.75) is 25.7 Å². The van der Waals surface area contributed by atoms with Crippen molar-refractivity contribution in [2.24, 2.45) is 0 Å². The Bertz CT molecular complexity index is 967. The lowest BCUT2D eigenvalue weighted by molar-refractivity contribution is -0.153. The minimum atomic E-state index is -1.07. The van der Waals surface area contributed by atoms with E-state index in [1.54, 1.807) is 49.5 Å². The molecule has 1 saturated carbocycles. The van der Waals surface area contributed by atoms with E-state index < -0.39 is 6.29 Å². The first-order chi connectivity index (χ1) is 13.1. The van der Waals surface area contributed by atoms with Gasteiger partial charge in [-0.3, -0.25) is 4.79 Å². The number of aliphatic hydroxyl groups is 1. The van der Waals surface area contributed by atoms with Gasteiger partial charge in [-0.05, 0) is 54.3 Å². The molecule has 1 aliphatic heterocycles. The van der Waals surface area contributed by atoms with Crippen LogP contribution in [-0.4, -0.2) is 24.4 Å². The molecule has 0 saturated heterocycles. The van der Waals surface area contributed by atoms with Crippen LogP contribution in [0.25, 0.3) is 5.76 Å². The van der Waals surface area contributed by atoms with Crippen molar-refractivity contribution < 1.29 is 19.4 Å². The van der Waals surface area contributed by atoms with E-state index in [4.69, 9.17) is 14.7 Å². The SMILES string of the molecule is CN1C(=O)C(OCc2ccc(C#N)cc2)Oc2cc(C(O)=C3CC3)ccc21. The largest absolute Gasteiger partial charge is 0.507 e. The van der Waals surface area contributed by atoms with Gasteiger partial charge in [0.25, 0.3) is 12.2 Å². The average molecular weight is 362 g/mol. The minimum Gasteiger partial charge on any atom is -0.507 e. The van der Waals surface area contributed by atoms with Gasteiger partial charge in [-0.15, -0.1) is 0 Å². The van der Waals surface area contributed by atoms with E-state index in [1.165, 1.54) is 4.90 Å². The lowest BCUT2D eigenvalue weighted by Crippen LogP contribution is -2.45. The van der Waals surface area contributed by atoms with Crippen LogP contribution >= 0.6 is 0 Å². The van der Waals surface area contributed by atoms with Gasteiger partial charge in [0, 0.05) is 12.6 Å². The molecule has 1 heterocycles. The summed E-state index contributed by atoms with van der Waals surface area (Å²) in [4.78, 5) is 14.0. The van der Waals surface area contributed by atoms with Gasteiger partial charge < -0.3 is 19.5 Å². The van der Waals surface area contributed by atoms with E-state index >= 15 is 0 Å². The fourth-order valence-corrected chi connectivity index (χ4v) is 2.93. The van der Waals surface area contributed by atoms with Crippen molar-refractivity contribution in [3.05, 3.63) is 64.7 Å². The molecular weight excluding hydrogens is 344 g/mol. The number of hydrogen-bond donors (Lipinski definition) is 1. The number of benzene rings is 2. The van der Waals surface area contributed by atoms with E-state index in [1.807, 2.05) is 0 Å². The van der Waals surface area contributed by atoms with E-state index in [-0.39, 0.29) is 18.3 Å². The number of ether oxygens (including phenoxy) is 2. The first kappa shape index (κ1) is 17.1. The molecule has 2 aromatic rings. The van der Waals surface area contributed by atoms with E-state index in [9.17, 15) is 9.90 Å². The summed E-state index contributed by atoms with van der Waals surface area (Å²) in [5.41, 5.74) is 3.74. The number of allylic oxidation sites excluding steroid dienone is 1. The van der Waals surface area contributed by atoms with Gasteiger partial charge in [0.1, 0.15) is 11.5 Å². The van der Waals surface area contributed by atoms with Gasteiger partial charge in [-0.2, -0.15) is 5.26 Å². The molecular formula is C21H18N2O4. The number of nitriles is 1. The highest BCUT2D eigenvalue weighted by Gasteiger charge is 2.33. The second-order valence-corrected chi connectivity index (χ2v) is 6.60. The van der Waals surface area contributed by atoms with Crippen LogP contribution in [0.2, 0.25) is 0 Å². The molecule has 1 unspecified atom stereocenters. The van der Waals surface area contributed by atoms with E-state index in [2.05, 4.69) is 6.07 Å². The van der Waals surface area contributed by atoms with Crippen molar-refractivity contribution in [1.82, 2.24) is 0 Å². The van der Waals surface area contributed by atoms with Gasteiger partial charge in [0.15, 0.2) is 0 Å². The van der Waals surface area contributed by atoms with E-state index in [0.717, 1.165) is 24.0 Å². The molecule has 4 rings (SSSR count). The molecule has 1 aliphatic carbocycles. The maximum atomic E-state index is 12.5. The molecule has 6 nitrogen and oxygen atoms in total. The van der Waals surface area contributed by atoms with Crippen molar-refractivity contribution >= 4 is 17.4 Å². The van der Waals surface area contributed by atoms with E-state index in [0.29, 0.717) is 22.6 Å². The number of anilines is 1. The van der Waals surface area contributed by atoms with Crippen LogP contribution in [-0.2, 0) is 16.1 Å². The Kier molecular flexibility index (Phi) is 4.30. The second kappa shape index (κ2) is 6.78. The monoisotopic (exact) mass is 362 g/mol. The number of amides is 1. The van der Waals surface area contributed by atoms with Crippen molar-refractivity contribution in [3.63, 3.8) is 0 Å². The molecule has 0 radical (unpaired) electrons. The predicted octanol–water partition coefficient (Wildman–Crippen LogP) is 3.52. The second-order valence-electron chi connectivity index (χ2n) is 6.60. The van der Waals surface area contributed by atoms with Crippen LogP contribution in [0.5, 0.6) is 5.75 Å². The van der Waals surface area contributed by atoms with Crippen LogP contribution in [0.1, 0.15) is 29.5 Å². The zero-order valence-electron chi connectivity index (χ0n) is 14.8. The molecule has 1 atom stereocenters. The number of carbonyl (C=O) groups excluding carboxylic acids is 1. The zero-order chi connectivity index (χ0) is 19.0. The molecule has 0 spiro atoms. The molecule has 2 aliphatic rings. The van der Waals surface area contributed by atoms with Gasteiger partial charge >= 0.3 is 0 Å². The van der Waals surface area contributed by atoms with Crippen LogP contribution in [0.4, 0.5) is 5.69 Å². The Morgan fingerprint density at radius 2 is 2.04 bits per heavy atom. The van der Waals surface area contributed by atoms with Crippen molar-refractivity contribution in [2.75, 3.05) is 11.9 Å². The number of likely N-dealkylation sites (N-methyl/N-ethyl adjacent to an activating group) is 1. The van der Waals surface area contributed by atoms with Crippen molar-refractivity contribution in [1.29, 1.82) is 5.26 Å². The Hall–Kier alpha value is -3.30. The normalized spacial score (nSPS) is 17.8. The first-order valence-electron chi connectivity index (χ1n) is 8.67. The summed E-state index contributed by atoms with van der Waals surface area (Å²) < 4.78 is 11.4. The Labute approximate surface area is 156 Å². The highest BCUT2D eigenvalue weighted by Crippen LogP contribution is 2.39. The van der Waals surface area contributed by atoms with Gasteiger partial charge in [-0.1, -0.05) is 12.1 Å². The standard InChI is InChI=1S/C21H18N2O4/c1-23-17-9-8-16(19(24)15-6-7-15)10-18(17)27-21(20(23)25)26-12-14-4-2-13(11-22)3-5-14/h2-5,8-10,21,24H,6-7,12H2,1H3. The molecule has 2 aromatic carbocycles. The summed E-state index contributed by atoms with van der Waals surface area (Å²) >= 11 is 0. The number of aliphatic hydroxyl groups excluding tert-OH is 1. The molecule has 136 valence electrons. The minimum absolute atomic E-state index is 0.181.